The number of hydrogen-bond donors (Lipinski definition) is 2. The van der Waals surface area contributed by atoms with Gasteiger partial charge in [0.1, 0.15) is 11.3 Å². The molecule has 1 saturated heterocycles. The number of fused-ring (bicyclic) bond motifs is 1. The zero-order chi connectivity index (χ0) is 23.8. The number of anilines is 1. The fourth-order valence-electron chi connectivity index (χ4n) is 4.40. The van der Waals surface area contributed by atoms with Gasteiger partial charge in [-0.15, -0.1) is 0 Å². The van der Waals surface area contributed by atoms with Gasteiger partial charge in [-0.1, -0.05) is 30.8 Å². The highest BCUT2D eigenvalue weighted by atomic mass is 19.1. The van der Waals surface area contributed by atoms with E-state index in [0.717, 1.165) is 11.1 Å². The molecule has 0 aliphatic carbocycles. The molecule has 34 heavy (non-hydrogen) atoms. The second-order valence-corrected chi connectivity index (χ2v) is 8.10. The Kier molecular flexibility index (Phi) is 5.37. The van der Waals surface area contributed by atoms with Gasteiger partial charge in [0.15, 0.2) is 17.4 Å². The molecule has 9 heteroatoms. The largest absolute Gasteiger partial charge is 0.454 e. The molecule has 1 aliphatic rings. The standard InChI is InChI=1S/C25H22FN5O3/c1-2-21(32)30-12-11-16(13-30)31-14-18(22-23(31)25(33)29-28-24(22)27)15-7-9-17(10-8-15)34-20-6-4-3-5-19(20)26/h2-10,14,16H,1,11-13H2,(H2,27,28)(H,29,33). The highest BCUT2D eigenvalue weighted by Crippen LogP contribution is 2.36. The van der Waals surface area contributed by atoms with Crippen LogP contribution in [0.4, 0.5) is 10.2 Å². The minimum Gasteiger partial charge on any atom is -0.454 e. The van der Waals surface area contributed by atoms with Gasteiger partial charge in [-0.05, 0) is 42.3 Å². The Labute approximate surface area is 194 Å². The first-order valence-corrected chi connectivity index (χ1v) is 10.8. The van der Waals surface area contributed by atoms with Crippen molar-refractivity contribution in [2.45, 2.75) is 12.5 Å². The van der Waals surface area contributed by atoms with E-state index in [1.54, 1.807) is 35.2 Å². The van der Waals surface area contributed by atoms with Crippen LogP contribution in [0, 0.1) is 5.82 Å². The number of halogens is 1. The number of para-hydroxylation sites is 1. The Morgan fingerprint density at radius 2 is 2.00 bits per heavy atom. The van der Waals surface area contributed by atoms with Gasteiger partial charge in [0.25, 0.3) is 5.56 Å². The number of rotatable bonds is 5. The van der Waals surface area contributed by atoms with Gasteiger partial charge in [-0.2, -0.15) is 5.10 Å². The van der Waals surface area contributed by atoms with Crippen LogP contribution in [0.25, 0.3) is 22.0 Å². The summed E-state index contributed by atoms with van der Waals surface area (Å²) in [7, 11) is 0. The van der Waals surface area contributed by atoms with E-state index in [9.17, 15) is 14.0 Å². The van der Waals surface area contributed by atoms with Crippen molar-refractivity contribution in [1.82, 2.24) is 19.7 Å². The van der Waals surface area contributed by atoms with E-state index in [4.69, 9.17) is 10.5 Å². The molecular formula is C25H22FN5O3. The van der Waals surface area contributed by atoms with Crippen molar-refractivity contribution < 1.29 is 13.9 Å². The highest BCUT2D eigenvalue weighted by Gasteiger charge is 2.29. The Hall–Kier alpha value is -4.40. The fraction of sp³-hybridized carbons (Fsp3) is 0.160. The summed E-state index contributed by atoms with van der Waals surface area (Å²) in [5.74, 6) is 0.211. The lowest BCUT2D eigenvalue weighted by molar-refractivity contribution is -0.125. The van der Waals surface area contributed by atoms with Crippen molar-refractivity contribution in [3.63, 3.8) is 0 Å². The summed E-state index contributed by atoms with van der Waals surface area (Å²) in [6, 6.07) is 13.2. The number of benzene rings is 2. The summed E-state index contributed by atoms with van der Waals surface area (Å²) in [5, 5.41) is 6.95. The number of carbonyl (C=O) groups excluding carboxylic acids is 1. The molecule has 8 nitrogen and oxygen atoms in total. The number of likely N-dealkylation sites (tertiary alicyclic amines) is 1. The van der Waals surface area contributed by atoms with E-state index in [0.29, 0.717) is 36.2 Å². The molecule has 3 N–H and O–H groups in total. The Bertz CT molecular complexity index is 1460. The van der Waals surface area contributed by atoms with Crippen LogP contribution in [0.5, 0.6) is 11.5 Å². The number of amides is 1. The molecule has 1 aliphatic heterocycles. The summed E-state index contributed by atoms with van der Waals surface area (Å²) in [5.41, 5.74) is 7.76. The highest BCUT2D eigenvalue weighted by molar-refractivity contribution is 6.02. The lowest BCUT2D eigenvalue weighted by Crippen LogP contribution is -2.27. The van der Waals surface area contributed by atoms with Crippen LogP contribution in [-0.4, -0.2) is 38.7 Å². The van der Waals surface area contributed by atoms with Crippen LogP contribution in [0.3, 0.4) is 0 Å². The van der Waals surface area contributed by atoms with Gasteiger partial charge < -0.3 is 19.9 Å². The van der Waals surface area contributed by atoms with E-state index in [1.807, 2.05) is 22.9 Å². The zero-order valence-corrected chi connectivity index (χ0v) is 18.2. The number of hydrogen-bond acceptors (Lipinski definition) is 5. The number of nitrogens with one attached hydrogen (secondary N) is 1. The molecule has 1 amide bonds. The van der Waals surface area contributed by atoms with E-state index < -0.39 is 5.82 Å². The third-order valence-corrected chi connectivity index (χ3v) is 6.05. The van der Waals surface area contributed by atoms with Crippen LogP contribution in [-0.2, 0) is 4.79 Å². The third kappa shape index (κ3) is 3.71. The number of nitrogen functional groups attached to an aromatic ring is 1. The van der Waals surface area contributed by atoms with E-state index in [-0.39, 0.29) is 29.1 Å². The maximum Gasteiger partial charge on any atom is 0.288 e. The van der Waals surface area contributed by atoms with Crippen LogP contribution in [0.2, 0.25) is 0 Å². The van der Waals surface area contributed by atoms with Crippen molar-refractivity contribution in [1.29, 1.82) is 0 Å². The van der Waals surface area contributed by atoms with Crippen molar-refractivity contribution >= 4 is 22.6 Å². The summed E-state index contributed by atoms with van der Waals surface area (Å²) in [4.78, 5) is 26.5. The van der Waals surface area contributed by atoms with Crippen molar-refractivity contribution in [3.05, 3.63) is 83.6 Å². The molecule has 4 aromatic rings. The Morgan fingerprint density at radius 1 is 1.24 bits per heavy atom. The first-order valence-electron chi connectivity index (χ1n) is 10.8. The third-order valence-electron chi connectivity index (χ3n) is 6.05. The lowest BCUT2D eigenvalue weighted by Gasteiger charge is -2.16. The summed E-state index contributed by atoms with van der Waals surface area (Å²) in [6.45, 7) is 4.59. The number of H-pyrrole nitrogens is 1. The number of aromatic nitrogens is 3. The molecule has 1 atom stereocenters. The van der Waals surface area contributed by atoms with E-state index >= 15 is 0 Å². The van der Waals surface area contributed by atoms with Crippen molar-refractivity contribution in [3.8, 4) is 22.6 Å². The second-order valence-electron chi connectivity index (χ2n) is 8.10. The van der Waals surface area contributed by atoms with E-state index in [2.05, 4.69) is 16.8 Å². The number of nitrogens with zero attached hydrogens (tertiary/aromatic N) is 3. The summed E-state index contributed by atoms with van der Waals surface area (Å²) < 4.78 is 21.4. The molecule has 172 valence electrons. The molecule has 0 spiro atoms. The van der Waals surface area contributed by atoms with Gasteiger partial charge in [0, 0.05) is 24.8 Å². The molecule has 2 aromatic heterocycles. The smallest absolute Gasteiger partial charge is 0.288 e. The maximum atomic E-state index is 13.9. The minimum absolute atomic E-state index is 0.0910. The van der Waals surface area contributed by atoms with Crippen LogP contribution in [0.15, 0.2) is 72.2 Å². The topological polar surface area (TPSA) is 106 Å². The van der Waals surface area contributed by atoms with Crippen LogP contribution in [0.1, 0.15) is 12.5 Å². The van der Waals surface area contributed by atoms with E-state index in [1.165, 1.54) is 12.1 Å². The molecule has 1 fully saturated rings. The Morgan fingerprint density at radius 3 is 2.74 bits per heavy atom. The fourth-order valence-corrected chi connectivity index (χ4v) is 4.40. The lowest BCUT2D eigenvalue weighted by atomic mass is 10.1. The normalized spacial score (nSPS) is 15.6. The van der Waals surface area contributed by atoms with Gasteiger partial charge in [-0.25, -0.2) is 9.49 Å². The average Bonchev–Trinajstić information content (AvgIpc) is 3.49. The predicted molar refractivity (Wildman–Crippen MR) is 127 cm³/mol. The molecule has 2 aromatic carbocycles. The molecule has 5 rings (SSSR count). The molecule has 0 saturated carbocycles. The SMILES string of the molecule is C=CC(=O)N1CCC(n2cc(-c3ccc(Oc4ccccc4F)cc3)c3c(N)n[nH]c(=O)c32)C1. The molecular weight excluding hydrogens is 437 g/mol. The average molecular weight is 459 g/mol. The van der Waals surface area contributed by atoms with Crippen LogP contribution < -0.4 is 16.0 Å². The quantitative estimate of drug-likeness (QED) is 0.441. The number of carbonyl (C=O) groups is 1. The van der Waals surface area contributed by atoms with Crippen LogP contribution >= 0.6 is 0 Å². The second kappa shape index (κ2) is 8.51. The number of nitrogens with two attached hydrogens (primary N) is 1. The molecule has 0 radical (unpaired) electrons. The maximum absolute atomic E-state index is 13.9. The van der Waals surface area contributed by atoms with Gasteiger partial charge in [0.05, 0.1) is 11.4 Å². The van der Waals surface area contributed by atoms with Crippen molar-refractivity contribution in [2.24, 2.45) is 0 Å². The first-order chi connectivity index (χ1) is 16.5. The monoisotopic (exact) mass is 459 g/mol. The minimum atomic E-state index is -0.451. The predicted octanol–water partition coefficient (Wildman–Crippen LogP) is 3.86. The summed E-state index contributed by atoms with van der Waals surface area (Å²) >= 11 is 0. The Balaban J connectivity index is 1.53. The molecule has 1 unspecified atom stereocenters. The number of ether oxygens (including phenoxy) is 1. The van der Waals surface area contributed by atoms with Gasteiger partial charge >= 0.3 is 0 Å². The molecule has 3 heterocycles. The number of aromatic amines is 1. The zero-order valence-electron chi connectivity index (χ0n) is 18.2. The van der Waals surface area contributed by atoms with Gasteiger partial charge in [0.2, 0.25) is 5.91 Å². The van der Waals surface area contributed by atoms with Gasteiger partial charge in [-0.3, -0.25) is 9.59 Å². The summed E-state index contributed by atoms with van der Waals surface area (Å²) in [6.07, 6.45) is 3.86. The van der Waals surface area contributed by atoms with Crippen molar-refractivity contribution in [2.75, 3.05) is 18.8 Å². The first kappa shape index (κ1) is 21.4. The molecule has 0 bridgehead atoms.